The predicted octanol–water partition coefficient (Wildman–Crippen LogP) is 2.15. The van der Waals surface area contributed by atoms with E-state index in [9.17, 15) is 4.79 Å². The number of aromatic amines is 1. The maximum Gasteiger partial charge on any atom is 0.407 e. The van der Waals surface area contributed by atoms with Crippen molar-refractivity contribution in [2.24, 2.45) is 5.73 Å². The number of amides is 7. The molecule has 3 aliphatic rings. The van der Waals surface area contributed by atoms with Crippen molar-refractivity contribution in [2.75, 3.05) is 59.5 Å². The van der Waals surface area contributed by atoms with Crippen LogP contribution >= 0.6 is 0 Å². The normalized spacial score (nSPS) is 22.4. The van der Waals surface area contributed by atoms with Crippen LogP contribution in [0.2, 0.25) is 0 Å². The van der Waals surface area contributed by atoms with Gasteiger partial charge in [-0.2, -0.15) is 0 Å². The fraction of sp³-hybridized carbons (Fsp3) is 0.350. The van der Waals surface area contributed by atoms with Gasteiger partial charge in [-0.25, -0.2) is 4.79 Å². The summed E-state index contributed by atoms with van der Waals surface area (Å²) in [5.74, 6) is -3.30. The van der Waals surface area contributed by atoms with E-state index in [4.69, 9.17) is 19.9 Å². The van der Waals surface area contributed by atoms with Crippen molar-refractivity contribution in [3.8, 4) is 11.5 Å². The number of fused-ring (bicyclic) bond motifs is 2. The minimum absolute atomic E-state index is 0.0320. The van der Waals surface area contributed by atoms with Gasteiger partial charge in [0.2, 0.25) is 35.4 Å². The molecule has 6 aromatic rings. The van der Waals surface area contributed by atoms with E-state index < -0.39 is 83.9 Å². The van der Waals surface area contributed by atoms with Gasteiger partial charge in [-0.05, 0) is 52.1 Å². The first kappa shape index (κ1) is 56.9. The van der Waals surface area contributed by atoms with Crippen molar-refractivity contribution >= 4 is 52.4 Å². The first-order valence-electron chi connectivity index (χ1n) is 27.3. The van der Waals surface area contributed by atoms with Crippen LogP contribution in [-0.2, 0) is 59.4 Å². The van der Waals surface area contributed by atoms with Gasteiger partial charge in [-0.15, -0.1) is 0 Å². The molecule has 10 N–H and O–H groups in total. The molecule has 0 bridgehead atoms. The summed E-state index contributed by atoms with van der Waals surface area (Å²) in [4.78, 5) is 111. The van der Waals surface area contributed by atoms with Gasteiger partial charge in [0.25, 0.3) is 0 Å². The summed E-state index contributed by atoms with van der Waals surface area (Å²) >= 11 is 0. The number of alkyl carbamates (subject to hydrolysis) is 1. The molecule has 21 nitrogen and oxygen atoms in total. The third-order valence-corrected chi connectivity index (χ3v) is 14.7. The second kappa shape index (κ2) is 27.4. The Labute approximate surface area is 469 Å². The highest BCUT2D eigenvalue weighted by Crippen LogP contribution is 2.30. The number of H-pyrrole nitrogens is 1. The molecule has 3 aliphatic heterocycles. The van der Waals surface area contributed by atoms with Gasteiger partial charge in [0.1, 0.15) is 60.5 Å². The van der Waals surface area contributed by atoms with Crippen LogP contribution in [0.25, 0.3) is 10.9 Å². The first-order chi connectivity index (χ1) is 39.4. The van der Waals surface area contributed by atoms with E-state index in [0.29, 0.717) is 77.4 Å². The van der Waals surface area contributed by atoms with Crippen LogP contribution in [0.15, 0.2) is 140 Å². The molecular weight excluding hydrogens is 1030 g/mol. The zero-order valence-electron chi connectivity index (χ0n) is 45.1. The highest BCUT2D eigenvalue weighted by molar-refractivity contribution is 5.99. The number of nitrogens with one attached hydrogen (secondary N) is 8. The number of ether oxygens (including phenoxy) is 3. The second-order valence-corrected chi connectivity index (χ2v) is 20.3. The van der Waals surface area contributed by atoms with E-state index in [1.165, 1.54) is 12.0 Å². The first-order valence-corrected chi connectivity index (χ1v) is 27.3. The smallest absolute Gasteiger partial charge is 0.407 e. The Morgan fingerprint density at radius 3 is 1.94 bits per heavy atom. The third-order valence-electron chi connectivity index (χ3n) is 14.7. The minimum Gasteiger partial charge on any atom is -0.496 e. The SMILES string of the molecule is COc1cccc2[nH]cc(C[C@H]3NC(=O)[C@H](c4ccccc4)NC(=O)[C@@H]4C[C@@H](OC(=O)NCCN)CN4C(=O)[C@H](Cc4ccccc4)NC(=O)[C@H](Cc4ccc(OCc5ccccc5)cc4)NC(=O)[C@H](CN4CCNCC4)NC3=O)c12. The fourth-order valence-corrected chi connectivity index (χ4v) is 10.5. The Bertz CT molecular complexity index is 3120. The lowest BCUT2D eigenvalue weighted by atomic mass is 10.00. The van der Waals surface area contributed by atoms with Gasteiger partial charge in [-0.3, -0.25) is 33.7 Å². The summed E-state index contributed by atoms with van der Waals surface area (Å²) in [6, 6.07) is 31.5. The zero-order chi connectivity index (χ0) is 56.7. The number of carbonyl (C=O) groups excluding carboxylic acids is 7. The standard InChI is InChI=1S/C60H69N11O10/c1-79-51-19-11-18-45-52(51)42(34-64-45)32-47-55(73)68-49(36-70-28-26-62-27-29-70)56(74)65-46(30-39-20-22-43(23-21-39)80-37-40-14-7-3-8-15-40)54(72)67-48(31-38-12-5-2-6-13-38)59(77)71-35-44(81-60(78)63-25-24-61)33-50(71)57(75)69-53(58(76)66-47)41-16-9-4-10-17-41/h2-23,34,44,46-50,53,62,64H,24-33,35-37,61H2,1H3,(H,63,78)(H,65,74)(H,66,76)(H,67,72)(H,68,73)(H,69,75)/t44-,46+,47-,48+,49+,50+,53+/m1/s1. The molecule has 1 aromatic heterocycles. The van der Waals surface area contributed by atoms with Gasteiger partial charge in [0.05, 0.1) is 13.7 Å². The van der Waals surface area contributed by atoms with Gasteiger partial charge in [0, 0.05) is 88.6 Å². The predicted molar refractivity (Wildman–Crippen MR) is 301 cm³/mol. The molecule has 3 fully saturated rings. The lowest BCUT2D eigenvalue weighted by Crippen LogP contribution is -2.63. The lowest BCUT2D eigenvalue weighted by molar-refractivity contribution is -0.143. The molecule has 4 heterocycles. The van der Waals surface area contributed by atoms with E-state index >= 15 is 28.8 Å². The number of benzene rings is 5. The second-order valence-electron chi connectivity index (χ2n) is 20.3. The highest BCUT2D eigenvalue weighted by atomic mass is 16.6. The molecule has 5 aromatic carbocycles. The van der Waals surface area contributed by atoms with Crippen LogP contribution in [0, 0.1) is 0 Å². The molecule has 0 unspecified atom stereocenters. The number of hydrogen-bond donors (Lipinski definition) is 9. The minimum atomic E-state index is -1.44. The zero-order valence-corrected chi connectivity index (χ0v) is 45.1. The molecule has 7 atom stereocenters. The van der Waals surface area contributed by atoms with Crippen molar-refractivity contribution in [3.63, 3.8) is 0 Å². The van der Waals surface area contributed by atoms with Crippen LogP contribution in [0.4, 0.5) is 4.79 Å². The number of methoxy groups -OCH3 is 1. The van der Waals surface area contributed by atoms with E-state index in [0.717, 1.165) is 5.56 Å². The molecular formula is C60H69N11O10. The number of hydrogen-bond acceptors (Lipinski definition) is 13. The lowest BCUT2D eigenvalue weighted by Gasteiger charge is -2.33. The Morgan fingerprint density at radius 1 is 0.642 bits per heavy atom. The molecule has 0 aliphatic carbocycles. The van der Waals surface area contributed by atoms with Gasteiger partial charge < -0.3 is 67.0 Å². The summed E-state index contributed by atoms with van der Waals surface area (Å²) in [6.07, 6.45) is -0.528. The van der Waals surface area contributed by atoms with Crippen LogP contribution in [0.1, 0.15) is 40.3 Å². The summed E-state index contributed by atoms with van der Waals surface area (Å²) in [6.45, 7) is 2.64. The number of piperazine rings is 1. The van der Waals surface area contributed by atoms with E-state index in [1.807, 2.05) is 53.4 Å². The number of nitrogens with two attached hydrogens (primary N) is 1. The van der Waals surface area contributed by atoms with Crippen LogP contribution in [0.5, 0.6) is 11.5 Å². The van der Waals surface area contributed by atoms with Crippen molar-refractivity contribution in [1.82, 2.24) is 52.0 Å². The maximum absolute atomic E-state index is 15.4. The van der Waals surface area contributed by atoms with E-state index in [2.05, 4.69) is 42.2 Å². The molecule has 0 spiro atoms. The summed E-state index contributed by atoms with van der Waals surface area (Å²) in [5, 5.41) is 21.2. The van der Waals surface area contributed by atoms with Gasteiger partial charge in [0.15, 0.2) is 0 Å². The van der Waals surface area contributed by atoms with Gasteiger partial charge >= 0.3 is 6.09 Å². The molecule has 81 heavy (non-hydrogen) atoms. The molecule has 3 saturated heterocycles. The maximum atomic E-state index is 15.4. The quantitative estimate of drug-likeness (QED) is 0.0673. The third kappa shape index (κ3) is 14.9. The highest BCUT2D eigenvalue weighted by Gasteiger charge is 2.45. The molecule has 0 saturated carbocycles. The Hall–Kier alpha value is -8.79. The molecule has 0 radical (unpaired) electrons. The van der Waals surface area contributed by atoms with E-state index in [1.54, 1.807) is 91.1 Å². The number of rotatable bonds is 16. The molecule has 21 heteroatoms. The summed E-state index contributed by atoms with van der Waals surface area (Å²) < 4.78 is 17.6. The average Bonchev–Trinajstić information content (AvgIpc) is 4.32. The Kier molecular flexibility index (Phi) is 19.2. The average molecular weight is 1100 g/mol. The van der Waals surface area contributed by atoms with Crippen LogP contribution in [0.3, 0.4) is 0 Å². The number of aromatic nitrogens is 1. The van der Waals surface area contributed by atoms with Crippen LogP contribution < -0.4 is 52.4 Å². The molecule has 9 rings (SSSR count). The Balaban J connectivity index is 1.12. The number of nitrogens with zero attached hydrogens (tertiary/aromatic N) is 2. The van der Waals surface area contributed by atoms with E-state index in [-0.39, 0.29) is 51.9 Å². The van der Waals surface area contributed by atoms with Crippen molar-refractivity contribution in [1.29, 1.82) is 0 Å². The van der Waals surface area contributed by atoms with Crippen molar-refractivity contribution in [2.45, 2.75) is 74.6 Å². The topological polar surface area (TPSA) is 280 Å². The van der Waals surface area contributed by atoms with Crippen molar-refractivity contribution in [3.05, 3.63) is 167 Å². The monoisotopic (exact) mass is 1100 g/mol. The Morgan fingerprint density at radius 2 is 1.25 bits per heavy atom. The summed E-state index contributed by atoms with van der Waals surface area (Å²) in [7, 11) is 1.53. The molecule has 7 amide bonds. The fourth-order valence-electron chi connectivity index (χ4n) is 10.5. The van der Waals surface area contributed by atoms with Crippen LogP contribution in [-0.4, -0.2) is 152 Å². The van der Waals surface area contributed by atoms with Crippen molar-refractivity contribution < 1.29 is 47.8 Å². The number of carbonyl (C=O) groups is 7. The van der Waals surface area contributed by atoms with Gasteiger partial charge in [-0.1, -0.05) is 109 Å². The molecule has 424 valence electrons. The summed E-state index contributed by atoms with van der Waals surface area (Å²) in [5.41, 5.74) is 9.58. The largest absolute Gasteiger partial charge is 0.496 e.